The van der Waals surface area contributed by atoms with Gasteiger partial charge < -0.3 is 10.6 Å². The fourth-order valence-electron chi connectivity index (χ4n) is 3.55. The van der Waals surface area contributed by atoms with Gasteiger partial charge in [0, 0.05) is 12.6 Å². The van der Waals surface area contributed by atoms with Crippen LogP contribution in [0.4, 0.5) is 0 Å². The average molecular weight is 266 g/mol. The molecule has 0 aromatic rings. The van der Waals surface area contributed by atoms with Crippen LogP contribution >= 0.6 is 0 Å². The molecule has 2 rings (SSSR count). The summed E-state index contributed by atoms with van der Waals surface area (Å²) in [7, 11) is 0. The Bertz CT molecular complexity index is 290. The lowest BCUT2D eigenvalue weighted by molar-refractivity contribution is -0.124. The molecular weight excluding hydrogens is 236 g/mol. The maximum atomic E-state index is 12.1. The zero-order valence-electron chi connectivity index (χ0n) is 12.6. The molecule has 0 bridgehead atoms. The van der Waals surface area contributed by atoms with Gasteiger partial charge >= 0.3 is 0 Å². The summed E-state index contributed by atoms with van der Waals surface area (Å²) in [5.74, 6) is 1.79. The fourth-order valence-corrected chi connectivity index (χ4v) is 3.55. The number of fused-ring (bicyclic) bond motifs is 1. The third-order valence-corrected chi connectivity index (χ3v) is 4.72. The van der Waals surface area contributed by atoms with Crippen LogP contribution in [0.1, 0.15) is 65.2 Å². The minimum absolute atomic E-state index is 0.0680. The number of piperidine rings is 1. The molecule has 3 heteroatoms. The monoisotopic (exact) mass is 266 g/mol. The van der Waals surface area contributed by atoms with Gasteiger partial charge in [0.15, 0.2) is 0 Å². The Hall–Kier alpha value is -0.570. The summed E-state index contributed by atoms with van der Waals surface area (Å²) in [6.07, 6.45) is 9.90. The van der Waals surface area contributed by atoms with E-state index >= 15 is 0 Å². The van der Waals surface area contributed by atoms with Crippen molar-refractivity contribution in [2.24, 2.45) is 11.8 Å². The lowest BCUT2D eigenvalue weighted by Gasteiger charge is -2.39. The van der Waals surface area contributed by atoms with Gasteiger partial charge in [-0.15, -0.1) is 0 Å². The molecule has 1 aliphatic carbocycles. The standard InChI is InChI=1S/C16H30N2O/c1-12(2)6-5-11-17-16(19)15-10-9-13-7-3-4-8-14(13)18-15/h12-15,18H,3-11H2,1-2H3,(H,17,19). The van der Waals surface area contributed by atoms with Crippen molar-refractivity contribution in [2.75, 3.05) is 6.54 Å². The van der Waals surface area contributed by atoms with Crippen LogP contribution in [0.15, 0.2) is 0 Å². The highest BCUT2D eigenvalue weighted by Crippen LogP contribution is 2.32. The van der Waals surface area contributed by atoms with Crippen molar-refractivity contribution in [3.63, 3.8) is 0 Å². The van der Waals surface area contributed by atoms with E-state index in [4.69, 9.17) is 0 Å². The first-order chi connectivity index (χ1) is 9.16. The first kappa shape index (κ1) is 14.8. The molecule has 2 aliphatic rings. The van der Waals surface area contributed by atoms with Crippen molar-refractivity contribution in [1.29, 1.82) is 0 Å². The molecule has 0 aromatic heterocycles. The van der Waals surface area contributed by atoms with Gasteiger partial charge in [-0.1, -0.05) is 26.7 Å². The summed E-state index contributed by atoms with van der Waals surface area (Å²) in [5, 5.41) is 6.69. The van der Waals surface area contributed by atoms with E-state index < -0.39 is 0 Å². The van der Waals surface area contributed by atoms with E-state index in [2.05, 4.69) is 24.5 Å². The minimum Gasteiger partial charge on any atom is -0.355 e. The normalized spacial score (nSPS) is 31.0. The Kier molecular flexibility index (Phi) is 5.68. The predicted molar refractivity (Wildman–Crippen MR) is 79.0 cm³/mol. The van der Waals surface area contributed by atoms with Crippen molar-refractivity contribution in [3.05, 3.63) is 0 Å². The maximum absolute atomic E-state index is 12.1. The van der Waals surface area contributed by atoms with Gasteiger partial charge in [0.25, 0.3) is 0 Å². The summed E-state index contributed by atoms with van der Waals surface area (Å²) in [4.78, 5) is 12.1. The molecule has 3 nitrogen and oxygen atoms in total. The Balaban J connectivity index is 1.68. The van der Waals surface area contributed by atoms with Gasteiger partial charge in [0.1, 0.15) is 0 Å². The summed E-state index contributed by atoms with van der Waals surface area (Å²) < 4.78 is 0. The molecule has 2 N–H and O–H groups in total. The summed E-state index contributed by atoms with van der Waals surface area (Å²) in [6, 6.07) is 0.673. The number of hydrogen-bond acceptors (Lipinski definition) is 2. The molecule has 0 aromatic carbocycles. The van der Waals surface area contributed by atoms with Crippen LogP contribution in [0.25, 0.3) is 0 Å². The Labute approximate surface area is 117 Å². The SMILES string of the molecule is CC(C)CCCNC(=O)C1CCC2CCCCC2N1. The van der Waals surface area contributed by atoms with Crippen molar-refractivity contribution < 1.29 is 4.79 Å². The number of hydrogen-bond donors (Lipinski definition) is 2. The molecule has 1 saturated heterocycles. The van der Waals surface area contributed by atoms with Gasteiger partial charge in [-0.2, -0.15) is 0 Å². The van der Waals surface area contributed by atoms with E-state index in [0.29, 0.717) is 6.04 Å². The molecular formula is C16H30N2O. The number of carbonyl (C=O) groups is 1. The van der Waals surface area contributed by atoms with E-state index in [1.165, 1.54) is 38.5 Å². The van der Waals surface area contributed by atoms with E-state index in [0.717, 1.165) is 31.2 Å². The average Bonchev–Trinajstić information content (AvgIpc) is 2.42. The number of rotatable bonds is 5. The fraction of sp³-hybridized carbons (Fsp3) is 0.938. The second-order valence-corrected chi connectivity index (χ2v) is 6.77. The highest BCUT2D eigenvalue weighted by Gasteiger charge is 2.34. The molecule has 1 amide bonds. The molecule has 1 saturated carbocycles. The summed E-state index contributed by atoms with van der Waals surface area (Å²) in [6.45, 7) is 5.30. The molecule has 1 heterocycles. The van der Waals surface area contributed by atoms with Crippen LogP contribution in [-0.4, -0.2) is 24.5 Å². The van der Waals surface area contributed by atoms with E-state index in [9.17, 15) is 4.79 Å². The van der Waals surface area contributed by atoms with Gasteiger partial charge in [0.2, 0.25) is 5.91 Å². The molecule has 2 fully saturated rings. The van der Waals surface area contributed by atoms with Crippen LogP contribution in [0.5, 0.6) is 0 Å². The molecule has 3 unspecified atom stereocenters. The molecule has 1 aliphatic heterocycles. The Morgan fingerprint density at radius 2 is 2.00 bits per heavy atom. The third-order valence-electron chi connectivity index (χ3n) is 4.72. The summed E-state index contributed by atoms with van der Waals surface area (Å²) in [5.41, 5.74) is 0. The smallest absolute Gasteiger partial charge is 0.237 e. The lowest BCUT2D eigenvalue weighted by Crippen LogP contribution is -2.55. The maximum Gasteiger partial charge on any atom is 0.237 e. The Morgan fingerprint density at radius 3 is 2.79 bits per heavy atom. The molecule has 0 spiro atoms. The highest BCUT2D eigenvalue weighted by molar-refractivity contribution is 5.81. The molecule has 19 heavy (non-hydrogen) atoms. The first-order valence-electron chi connectivity index (χ1n) is 8.20. The van der Waals surface area contributed by atoms with Crippen LogP contribution in [0.3, 0.4) is 0 Å². The lowest BCUT2D eigenvalue weighted by atomic mass is 9.77. The zero-order chi connectivity index (χ0) is 13.7. The molecule has 110 valence electrons. The van der Waals surface area contributed by atoms with Crippen LogP contribution in [0.2, 0.25) is 0 Å². The van der Waals surface area contributed by atoms with Crippen molar-refractivity contribution in [1.82, 2.24) is 10.6 Å². The van der Waals surface area contributed by atoms with Gasteiger partial charge in [0.05, 0.1) is 6.04 Å². The minimum atomic E-state index is 0.0680. The van der Waals surface area contributed by atoms with Crippen molar-refractivity contribution in [3.8, 4) is 0 Å². The number of amides is 1. The largest absolute Gasteiger partial charge is 0.355 e. The zero-order valence-corrected chi connectivity index (χ0v) is 12.6. The van der Waals surface area contributed by atoms with Crippen LogP contribution in [-0.2, 0) is 4.79 Å². The van der Waals surface area contributed by atoms with E-state index in [1.54, 1.807) is 0 Å². The van der Waals surface area contributed by atoms with Gasteiger partial charge in [-0.3, -0.25) is 4.79 Å². The van der Waals surface area contributed by atoms with Crippen LogP contribution < -0.4 is 10.6 Å². The third kappa shape index (κ3) is 4.48. The topological polar surface area (TPSA) is 41.1 Å². The Morgan fingerprint density at radius 1 is 1.21 bits per heavy atom. The quantitative estimate of drug-likeness (QED) is 0.751. The van der Waals surface area contributed by atoms with E-state index in [1.807, 2.05) is 0 Å². The van der Waals surface area contributed by atoms with Gasteiger partial charge in [-0.05, 0) is 50.4 Å². The van der Waals surface area contributed by atoms with Crippen LogP contribution in [0, 0.1) is 11.8 Å². The summed E-state index contributed by atoms with van der Waals surface area (Å²) >= 11 is 0. The van der Waals surface area contributed by atoms with E-state index in [-0.39, 0.29) is 11.9 Å². The second-order valence-electron chi connectivity index (χ2n) is 6.77. The molecule has 3 atom stereocenters. The molecule has 0 radical (unpaired) electrons. The van der Waals surface area contributed by atoms with Gasteiger partial charge in [-0.25, -0.2) is 0 Å². The highest BCUT2D eigenvalue weighted by atomic mass is 16.2. The first-order valence-corrected chi connectivity index (χ1v) is 8.20. The van der Waals surface area contributed by atoms with Crippen molar-refractivity contribution in [2.45, 2.75) is 77.3 Å². The van der Waals surface area contributed by atoms with Crippen molar-refractivity contribution >= 4 is 5.91 Å². The predicted octanol–water partition coefficient (Wildman–Crippen LogP) is 2.85. The number of nitrogens with one attached hydrogen (secondary N) is 2. The second kappa shape index (κ2) is 7.28. The number of carbonyl (C=O) groups excluding carboxylic acids is 1.